The van der Waals surface area contributed by atoms with Crippen LogP contribution in [0.25, 0.3) is 0 Å². The minimum atomic E-state index is -0.424. The Bertz CT molecular complexity index is 768. The van der Waals surface area contributed by atoms with Crippen molar-refractivity contribution in [2.45, 2.75) is 45.3 Å². The van der Waals surface area contributed by atoms with E-state index in [2.05, 4.69) is 10.3 Å². The smallest absolute Gasteiger partial charge is 0.407 e. The average molecular weight is 372 g/mol. The molecule has 1 N–H and O–H groups in total. The number of halogens is 1. The van der Waals surface area contributed by atoms with E-state index in [9.17, 15) is 4.79 Å². The summed E-state index contributed by atoms with van der Waals surface area (Å²) in [5.74, 6) is 0.158. The van der Waals surface area contributed by atoms with Crippen molar-refractivity contribution in [1.29, 1.82) is 5.26 Å². The summed E-state index contributed by atoms with van der Waals surface area (Å²) in [6, 6.07) is 14.9. The molecule has 3 rings (SSSR count). The first-order valence-electron chi connectivity index (χ1n) is 8.69. The number of rotatable bonds is 4. The number of aromatic nitrogens is 1. The molecule has 2 aromatic rings. The Kier molecular flexibility index (Phi) is 7.43. The number of nitriles is 1. The normalized spacial score (nSPS) is 17.8. The molecule has 1 aliphatic rings. The Morgan fingerprint density at radius 1 is 1.27 bits per heavy atom. The summed E-state index contributed by atoms with van der Waals surface area (Å²) >= 11 is 6.15. The van der Waals surface area contributed by atoms with E-state index in [4.69, 9.17) is 21.6 Å². The minimum absolute atomic E-state index is 0.0434. The number of alkyl carbamates (subject to hydrolysis) is 1. The molecule has 0 aliphatic heterocycles. The molecule has 5 nitrogen and oxygen atoms in total. The first-order chi connectivity index (χ1) is 12.7. The average Bonchev–Trinajstić information content (AvgIpc) is 2.66. The number of amides is 1. The topological polar surface area (TPSA) is 75.0 Å². The number of carbonyl (C=O) groups is 1. The maximum atomic E-state index is 11.8. The summed E-state index contributed by atoms with van der Waals surface area (Å²) in [6.45, 7) is 4.25. The summed E-state index contributed by atoms with van der Waals surface area (Å²) in [7, 11) is 0. The third-order valence-electron chi connectivity index (χ3n) is 4.05. The lowest BCUT2D eigenvalue weighted by Crippen LogP contribution is -2.43. The van der Waals surface area contributed by atoms with Gasteiger partial charge in [-0.2, -0.15) is 5.26 Å². The summed E-state index contributed by atoms with van der Waals surface area (Å²) in [6.07, 6.45) is 1.05. The van der Waals surface area contributed by atoms with E-state index in [1.54, 1.807) is 12.1 Å². The molecule has 0 saturated heterocycles. The van der Waals surface area contributed by atoms with Gasteiger partial charge in [0.05, 0.1) is 10.7 Å². The quantitative estimate of drug-likeness (QED) is 0.837. The van der Waals surface area contributed by atoms with E-state index < -0.39 is 6.09 Å². The van der Waals surface area contributed by atoms with Crippen molar-refractivity contribution >= 4 is 17.7 Å². The molecule has 1 amide bonds. The zero-order valence-corrected chi connectivity index (χ0v) is 15.7. The summed E-state index contributed by atoms with van der Waals surface area (Å²) < 4.78 is 5.20. The third-order valence-corrected chi connectivity index (χ3v) is 4.37. The van der Waals surface area contributed by atoms with Crippen LogP contribution in [0.5, 0.6) is 0 Å². The van der Waals surface area contributed by atoms with Crippen LogP contribution in [0.4, 0.5) is 4.79 Å². The monoisotopic (exact) mass is 371 g/mol. The number of carbonyl (C=O) groups excluding carboxylic acids is 1. The van der Waals surface area contributed by atoms with Crippen LogP contribution < -0.4 is 5.32 Å². The highest BCUT2D eigenvalue weighted by Crippen LogP contribution is 2.39. The molecule has 1 aliphatic carbocycles. The van der Waals surface area contributed by atoms with Gasteiger partial charge in [-0.05, 0) is 30.5 Å². The number of ether oxygens (including phenoxy) is 1. The van der Waals surface area contributed by atoms with Gasteiger partial charge in [0.1, 0.15) is 18.4 Å². The second kappa shape index (κ2) is 9.79. The van der Waals surface area contributed by atoms with Crippen LogP contribution in [0, 0.1) is 11.3 Å². The Hall–Kier alpha value is -2.58. The molecule has 26 heavy (non-hydrogen) atoms. The zero-order chi connectivity index (χ0) is 18.9. The van der Waals surface area contributed by atoms with E-state index in [-0.39, 0.29) is 18.6 Å². The van der Waals surface area contributed by atoms with Gasteiger partial charge in [-0.3, -0.25) is 0 Å². The molecule has 6 heteroatoms. The van der Waals surface area contributed by atoms with Crippen LogP contribution in [0.15, 0.2) is 42.5 Å². The van der Waals surface area contributed by atoms with Gasteiger partial charge in [-0.15, -0.1) is 0 Å². The molecule has 0 unspecified atom stereocenters. The number of pyridine rings is 1. The van der Waals surface area contributed by atoms with Crippen LogP contribution >= 0.6 is 11.6 Å². The lowest BCUT2D eigenvalue weighted by Gasteiger charge is -2.35. The van der Waals surface area contributed by atoms with Crippen LogP contribution in [0.2, 0.25) is 5.02 Å². The van der Waals surface area contributed by atoms with Gasteiger partial charge >= 0.3 is 6.09 Å². The van der Waals surface area contributed by atoms with Gasteiger partial charge in [0.2, 0.25) is 0 Å². The molecule has 0 bridgehead atoms. The lowest BCUT2D eigenvalue weighted by atomic mass is 9.78. The Morgan fingerprint density at radius 2 is 1.96 bits per heavy atom. The van der Waals surface area contributed by atoms with Crippen molar-refractivity contribution in [3.63, 3.8) is 0 Å². The van der Waals surface area contributed by atoms with Crippen molar-refractivity contribution in [3.05, 3.63) is 64.4 Å². The van der Waals surface area contributed by atoms with Crippen molar-refractivity contribution < 1.29 is 9.53 Å². The predicted molar refractivity (Wildman–Crippen MR) is 101 cm³/mol. The number of hydrogen-bond donors (Lipinski definition) is 1. The van der Waals surface area contributed by atoms with Gasteiger partial charge in [-0.25, -0.2) is 9.78 Å². The number of nitrogens with zero attached hydrogens (tertiary/aromatic N) is 2. The minimum Gasteiger partial charge on any atom is -0.445 e. The van der Waals surface area contributed by atoms with Crippen LogP contribution in [-0.4, -0.2) is 17.1 Å². The highest BCUT2D eigenvalue weighted by Gasteiger charge is 2.34. The SMILES string of the molecule is CC.N#Cc1ccc(Cl)c(C2CC(NC(=O)OCc3ccccc3)C2)n1. The molecule has 1 fully saturated rings. The van der Waals surface area contributed by atoms with Crippen LogP contribution in [-0.2, 0) is 11.3 Å². The highest BCUT2D eigenvalue weighted by molar-refractivity contribution is 6.31. The number of benzene rings is 1. The fourth-order valence-electron chi connectivity index (χ4n) is 2.70. The fourth-order valence-corrected chi connectivity index (χ4v) is 2.96. The standard InChI is InChI=1S/C18H16ClN3O2.C2H6/c19-16-7-6-14(10-20)21-17(16)13-8-15(9-13)22-18(23)24-11-12-4-2-1-3-5-12;1-2/h1-7,13,15H,8-9,11H2,(H,22,23);1-2H3. The van der Waals surface area contributed by atoms with Crippen LogP contribution in [0.1, 0.15) is 49.6 Å². The summed E-state index contributed by atoms with van der Waals surface area (Å²) in [4.78, 5) is 16.1. The molecule has 0 atom stereocenters. The van der Waals surface area contributed by atoms with Gasteiger partial charge in [0, 0.05) is 12.0 Å². The van der Waals surface area contributed by atoms with Crippen molar-refractivity contribution in [1.82, 2.24) is 10.3 Å². The highest BCUT2D eigenvalue weighted by atomic mass is 35.5. The second-order valence-electron chi connectivity index (χ2n) is 5.75. The fraction of sp³-hybridized carbons (Fsp3) is 0.350. The van der Waals surface area contributed by atoms with Crippen molar-refractivity contribution in [2.24, 2.45) is 0 Å². The first kappa shape index (κ1) is 19.7. The molecule has 1 heterocycles. The van der Waals surface area contributed by atoms with E-state index in [0.717, 1.165) is 24.1 Å². The Labute approximate surface area is 159 Å². The van der Waals surface area contributed by atoms with E-state index in [1.807, 2.05) is 50.2 Å². The first-order valence-corrected chi connectivity index (χ1v) is 9.07. The van der Waals surface area contributed by atoms with E-state index in [0.29, 0.717) is 10.7 Å². The lowest BCUT2D eigenvalue weighted by molar-refractivity contribution is 0.127. The molecule has 1 aromatic heterocycles. The number of hydrogen-bond acceptors (Lipinski definition) is 4. The Balaban J connectivity index is 0.00000117. The van der Waals surface area contributed by atoms with Crippen molar-refractivity contribution in [2.75, 3.05) is 0 Å². The molecular weight excluding hydrogens is 350 g/mol. The largest absolute Gasteiger partial charge is 0.445 e. The van der Waals surface area contributed by atoms with Gasteiger partial charge < -0.3 is 10.1 Å². The zero-order valence-electron chi connectivity index (χ0n) is 14.9. The van der Waals surface area contributed by atoms with Crippen molar-refractivity contribution in [3.8, 4) is 6.07 Å². The van der Waals surface area contributed by atoms with E-state index >= 15 is 0 Å². The second-order valence-corrected chi connectivity index (χ2v) is 6.15. The molecule has 1 saturated carbocycles. The molecule has 136 valence electrons. The van der Waals surface area contributed by atoms with Gasteiger partial charge in [0.15, 0.2) is 0 Å². The molecule has 0 spiro atoms. The van der Waals surface area contributed by atoms with Gasteiger partial charge in [0.25, 0.3) is 0 Å². The maximum Gasteiger partial charge on any atom is 0.407 e. The molecule has 1 aromatic carbocycles. The Morgan fingerprint density at radius 3 is 2.62 bits per heavy atom. The number of nitrogens with one attached hydrogen (secondary N) is 1. The summed E-state index contributed by atoms with van der Waals surface area (Å²) in [5.41, 5.74) is 2.03. The van der Waals surface area contributed by atoms with E-state index in [1.165, 1.54) is 0 Å². The molecule has 0 radical (unpaired) electrons. The summed E-state index contributed by atoms with van der Waals surface area (Å²) in [5, 5.41) is 12.3. The van der Waals surface area contributed by atoms with Gasteiger partial charge in [-0.1, -0.05) is 55.8 Å². The van der Waals surface area contributed by atoms with Crippen LogP contribution in [0.3, 0.4) is 0 Å². The molecular formula is C20H22ClN3O2. The predicted octanol–water partition coefficient (Wildman–Crippen LogP) is 4.81. The maximum absolute atomic E-state index is 11.8. The third kappa shape index (κ3) is 5.21.